The Morgan fingerprint density at radius 2 is 1.42 bits per heavy atom. The number of hydrogen-bond acceptors (Lipinski definition) is 11. The molecule has 5 aromatic rings. The number of imide groups is 2. The molecule has 0 spiro atoms. The molecule has 1 saturated carbocycles. The van der Waals surface area contributed by atoms with E-state index in [2.05, 4.69) is 49.8 Å². The number of anilines is 1. The highest BCUT2D eigenvalue weighted by Gasteiger charge is 2.45. The summed E-state index contributed by atoms with van der Waals surface area (Å²) < 4.78 is 8.06. The molecule has 4 fully saturated rings. The number of benzene rings is 4. The third kappa shape index (κ3) is 9.52. The van der Waals surface area contributed by atoms with Crippen molar-refractivity contribution in [3.8, 4) is 22.8 Å². The Morgan fingerprint density at radius 1 is 0.722 bits per heavy atom. The van der Waals surface area contributed by atoms with Crippen molar-refractivity contribution in [3.63, 3.8) is 0 Å². The molecule has 1 aliphatic carbocycles. The lowest BCUT2D eigenvalue weighted by Crippen LogP contribution is -2.54. The van der Waals surface area contributed by atoms with Crippen molar-refractivity contribution in [2.24, 2.45) is 11.7 Å². The smallest absolute Gasteiger partial charge is 0.262 e. The van der Waals surface area contributed by atoms with Crippen LogP contribution in [0.1, 0.15) is 135 Å². The fraction of sp³-hybridized carbons (Fsp3) is 0.411. The van der Waals surface area contributed by atoms with Crippen LogP contribution in [0.4, 0.5) is 5.82 Å². The molecule has 6 heterocycles. The second-order valence-electron chi connectivity index (χ2n) is 20.4. The van der Waals surface area contributed by atoms with Crippen molar-refractivity contribution >= 4 is 41.3 Å². The van der Waals surface area contributed by atoms with Gasteiger partial charge in [0.15, 0.2) is 0 Å². The van der Waals surface area contributed by atoms with Gasteiger partial charge >= 0.3 is 0 Å². The lowest BCUT2D eigenvalue weighted by Gasteiger charge is -2.39. The highest BCUT2D eigenvalue weighted by Crippen LogP contribution is 2.42. The number of ether oxygens (including phenoxy) is 1. The Bertz CT molecular complexity index is 2880. The van der Waals surface area contributed by atoms with Crippen molar-refractivity contribution in [2.75, 3.05) is 38.0 Å². The van der Waals surface area contributed by atoms with Crippen molar-refractivity contribution in [1.82, 2.24) is 35.1 Å². The number of primary amides is 1. The zero-order valence-electron chi connectivity index (χ0n) is 40.4. The van der Waals surface area contributed by atoms with Crippen LogP contribution in [0.2, 0.25) is 0 Å². The summed E-state index contributed by atoms with van der Waals surface area (Å²) in [5.74, 6) is 0.0282. The maximum atomic E-state index is 13.6. The fourth-order valence-electron chi connectivity index (χ4n) is 12.1. The second-order valence-corrected chi connectivity index (χ2v) is 20.4. The van der Waals surface area contributed by atoms with E-state index < -0.39 is 35.6 Å². The van der Waals surface area contributed by atoms with Crippen LogP contribution in [0.3, 0.4) is 0 Å². The zero-order chi connectivity index (χ0) is 49.5. The minimum Gasteiger partial charge on any atom is -0.457 e. The lowest BCUT2D eigenvalue weighted by molar-refractivity contribution is -0.136. The van der Waals surface area contributed by atoms with E-state index in [0.29, 0.717) is 59.6 Å². The number of nitrogens with one attached hydrogen (secondary N) is 3. The first kappa shape index (κ1) is 47.2. The number of piperidine rings is 3. The van der Waals surface area contributed by atoms with Gasteiger partial charge in [0.05, 0.1) is 17.2 Å². The summed E-state index contributed by atoms with van der Waals surface area (Å²) in [6, 6.07) is 31.0. The summed E-state index contributed by atoms with van der Waals surface area (Å²) in [4.78, 5) is 82.5. The standard InChI is InChI=1S/C56H61N9O7/c57-51(67)49-50(38-12-17-43(18-13-38)72-42-4-2-1-3-5-42)61-65-46(22-27-58-52(49)65)37-10-15-40(16-11-37)59-41-25-28-62(29-26-41)33-34-6-8-35(9-7-34)36-23-30-63(31-24-36)54(69)39-14-19-44-45(32-39)56(71)64(55(44)70)47-20-21-48(66)60-53(47)68/h1-9,12-14,17-19,32,36-37,40-41,46-47,58-59H,10-11,15-16,20-31,33H2,(H2,57,67)(H,60,66,68)/t37?,40?,46-,47?/m0/s1. The predicted octanol–water partition coefficient (Wildman–Crippen LogP) is 7.03. The van der Waals surface area contributed by atoms with E-state index in [1.165, 1.54) is 23.3 Å². The van der Waals surface area contributed by atoms with Gasteiger partial charge in [0.25, 0.3) is 23.6 Å². The van der Waals surface area contributed by atoms with E-state index in [0.717, 1.165) is 106 Å². The molecule has 72 heavy (non-hydrogen) atoms. The van der Waals surface area contributed by atoms with E-state index in [1.54, 1.807) is 6.07 Å². The van der Waals surface area contributed by atoms with Crippen LogP contribution in [-0.2, 0) is 16.1 Å². The van der Waals surface area contributed by atoms with Crippen LogP contribution in [0.15, 0.2) is 97.1 Å². The molecular weight excluding hydrogens is 911 g/mol. The van der Waals surface area contributed by atoms with Gasteiger partial charge in [-0.3, -0.25) is 43.9 Å². The zero-order valence-corrected chi connectivity index (χ0v) is 40.4. The summed E-state index contributed by atoms with van der Waals surface area (Å²) in [6.07, 6.45) is 9.44. The molecule has 1 aromatic heterocycles. The maximum Gasteiger partial charge on any atom is 0.262 e. The predicted molar refractivity (Wildman–Crippen MR) is 269 cm³/mol. The number of aromatic nitrogens is 2. The van der Waals surface area contributed by atoms with Crippen molar-refractivity contribution in [3.05, 3.63) is 130 Å². The molecule has 4 aromatic carbocycles. The molecule has 6 amide bonds. The highest BCUT2D eigenvalue weighted by atomic mass is 16.5. The van der Waals surface area contributed by atoms with Gasteiger partial charge in [-0.2, -0.15) is 5.10 Å². The molecule has 5 N–H and O–H groups in total. The van der Waals surface area contributed by atoms with Gasteiger partial charge in [0.1, 0.15) is 34.6 Å². The maximum absolute atomic E-state index is 13.6. The topological polar surface area (TPSA) is 201 Å². The molecule has 5 aliphatic heterocycles. The summed E-state index contributed by atoms with van der Waals surface area (Å²) in [5, 5.41) is 14.8. The van der Waals surface area contributed by atoms with E-state index in [9.17, 15) is 28.8 Å². The molecule has 16 heteroatoms. The van der Waals surface area contributed by atoms with Crippen LogP contribution in [0.5, 0.6) is 11.5 Å². The van der Waals surface area contributed by atoms with Gasteiger partial charge < -0.3 is 26.0 Å². The largest absolute Gasteiger partial charge is 0.457 e. The number of nitrogens with zero attached hydrogens (tertiary/aromatic N) is 5. The summed E-state index contributed by atoms with van der Waals surface area (Å²) >= 11 is 0. The third-order valence-electron chi connectivity index (χ3n) is 16.0. The van der Waals surface area contributed by atoms with Gasteiger partial charge in [-0.05, 0) is 155 Å². The van der Waals surface area contributed by atoms with E-state index in [4.69, 9.17) is 15.6 Å². The Balaban J connectivity index is 0.622. The lowest BCUT2D eigenvalue weighted by atomic mass is 9.79. The molecule has 11 rings (SSSR count). The number of likely N-dealkylation sites (tertiary alicyclic amines) is 2. The Labute approximate surface area is 418 Å². The Morgan fingerprint density at radius 3 is 2.12 bits per heavy atom. The summed E-state index contributed by atoms with van der Waals surface area (Å²) in [5.41, 5.74) is 11.1. The number of carbonyl (C=O) groups excluding carboxylic acids is 6. The van der Waals surface area contributed by atoms with Gasteiger partial charge in [-0.1, -0.05) is 42.5 Å². The van der Waals surface area contributed by atoms with E-state index >= 15 is 0 Å². The third-order valence-corrected chi connectivity index (χ3v) is 16.0. The van der Waals surface area contributed by atoms with Gasteiger partial charge in [0.2, 0.25) is 11.8 Å². The molecule has 372 valence electrons. The molecule has 16 nitrogen and oxygen atoms in total. The molecule has 0 bridgehead atoms. The average molecular weight is 972 g/mol. The number of nitrogens with two attached hydrogens (primary N) is 1. The van der Waals surface area contributed by atoms with Gasteiger partial charge in [-0.25, -0.2) is 4.68 Å². The first-order chi connectivity index (χ1) is 35.0. The Kier molecular flexibility index (Phi) is 13.2. The minimum absolute atomic E-state index is 0.0442. The SMILES string of the molecule is NC(=O)c1c(-c2ccc(Oc3ccccc3)cc2)nn2c1NCC[C@H]2C1CCC(NC2CCN(Cc3ccc(C4CCN(C(=O)c5ccc6c(c5)C(=O)N(C5CCC(=O)NC5=O)C6=O)CC4)cc3)CC2)CC1. The quantitative estimate of drug-likeness (QED) is 0.0936. The van der Waals surface area contributed by atoms with Crippen molar-refractivity contribution in [1.29, 1.82) is 0 Å². The number of fused-ring (bicyclic) bond motifs is 2. The molecule has 3 saturated heterocycles. The number of hydrogen-bond donors (Lipinski definition) is 4. The van der Waals surface area contributed by atoms with Gasteiger partial charge in [0, 0.05) is 55.8 Å². The number of carbonyl (C=O) groups is 6. The first-order valence-corrected chi connectivity index (χ1v) is 25.8. The van der Waals surface area contributed by atoms with Crippen molar-refractivity contribution < 1.29 is 33.5 Å². The first-order valence-electron chi connectivity index (χ1n) is 25.8. The van der Waals surface area contributed by atoms with E-state index in [-0.39, 0.29) is 35.9 Å². The summed E-state index contributed by atoms with van der Waals surface area (Å²) in [7, 11) is 0. The normalized spacial score (nSPS) is 23.1. The number of para-hydroxylation sites is 1. The van der Waals surface area contributed by atoms with Crippen LogP contribution in [0, 0.1) is 5.92 Å². The molecule has 6 aliphatic rings. The van der Waals surface area contributed by atoms with E-state index in [1.807, 2.05) is 59.5 Å². The van der Waals surface area contributed by atoms with Crippen LogP contribution in [0.25, 0.3) is 11.3 Å². The number of rotatable bonds is 12. The Hall–Kier alpha value is -7.17. The molecule has 1 unspecified atom stereocenters. The minimum atomic E-state index is -1.05. The molecule has 0 radical (unpaired) electrons. The van der Waals surface area contributed by atoms with Crippen LogP contribution < -0.4 is 26.4 Å². The number of amides is 6. The second kappa shape index (κ2) is 20.1. The van der Waals surface area contributed by atoms with Crippen LogP contribution >= 0.6 is 0 Å². The highest BCUT2D eigenvalue weighted by molar-refractivity contribution is 6.24. The van der Waals surface area contributed by atoms with Crippen LogP contribution in [-0.4, -0.2) is 111 Å². The molecular formula is C56H61N9O7. The summed E-state index contributed by atoms with van der Waals surface area (Å²) in [6.45, 7) is 4.96. The molecule has 2 atom stereocenters. The average Bonchev–Trinajstić information content (AvgIpc) is 3.92. The monoisotopic (exact) mass is 971 g/mol. The van der Waals surface area contributed by atoms with Crippen molar-refractivity contribution in [2.45, 2.75) is 107 Å². The fourth-order valence-corrected chi connectivity index (χ4v) is 12.1. The van der Waals surface area contributed by atoms with Gasteiger partial charge in [-0.15, -0.1) is 0 Å².